The molecule has 0 aromatic rings. The predicted octanol–water partition coefficient (Wildman–Crippen LogP) is 4.09. The molecule has 0 heterocycles. The van der Waals surface area contributed by atoms with Gasteiger partial charge >= 0.3 is 0 Å². The van der Waals surface area contributed by atoms with Gasteiger partial charge in [-0.3, -0.25) is 0 Å². The van der Waals surface area contributed by atoms with E-state index in [-0.39, 0.29) is 0 Å². The molecule has 13 heavy (non-hydrogen) atoms. The van der Waals surface area contributed by atoms with Crippen molar-refractivity contribution >= 4 is 0 Å². The number of rotatable bonds is 0. The Kier molecular flexibility index (Phi) is 2.09. The minimum atomic E-state index is 0.484. The van der Waals surface area contributed by atoms with Gasteiger partial charge in [-0.15, -0.1) is 0 Å². The lowest BCUT2D eigenvalue weighted by molar-refractivity contribution is 0.307. The maximum atomic E-state index is 2.46. The molecule has 3 aliphatic rings. The van der Waals surface area contributed by atoms with Crippen molar-refractivity contribution in [1.29, 1.82) is 0 Å². The standard InChI is InChI=1S/C13H20/c1-10-4-6-13(3)7-5-12(8-10)9-11(13)2/h5,9-10H,4,6-8H2,1-3H3. The predicted molar refractivity (Wildman–Crippen MR) is 57.6 cm³/mol. The molecule has 0 N–H and O–H groups in total. The van der Waals surface area contributed by atoms with Crippen molar-refractivity contribution in [3.8, 4) is 0 Å². The van der Waals surface area contributed by atoms with E-state index >= 15 is 0 Å². The highest BCUT2D eigenvalue weighted by molar-refractivity contribution is 5.33. The average molecular weight is 176 g/mol. The quantitative estimate of drug-likeness (QED) is 0.521. The first kappa shape index (κ1) is 9.05. The zero-order chi connectivity index (χ0) is 9.47. The lowest BCUT2D eigenvalue weighted by Crippen LogP contribution is -2.23. The molecule has 2 atom stereocenters. The van der Waals surface area contributed by atoms with Crippen LogP contribution >= 0.6 is 0 Å². The molecule has 0 aromatic heterocycles. The summed E-state index contributed by atoms with van der Waals surface area (Å²) in [5.74, 6) is 0.884. The Morgan fingerprint density at radius 3 is 2.92 bits per heavy atom. The van der Waals surface area contributed by atoms with Crippen molar-refractivity contribution in [2.24, 2.45) is 11.3 Å². The second kappa shape index (κ2) is 3.01. The second-order valence-corrected chi connectivity index (χ2v) is 5.22. The third-order valence-corrected chi connectivity index (χ3v) is 3.94. The molecule has 2 bridgehead atoms. The molecule has 0 radical (unpaired) electrons. The molecule has 3 rings (SSSR count). The summed E-state index contributed by atoms with van der Waals surface area (Å²) in [7, 11) is 0. The van der Waals surface area contributed by atoms with Crippen LogP contribution in [-0.2, 0) is 0 Å². The molecule has 0 saturated heterocycles. The maximum absolute atomic E-state index is 2.46. The number of hydrogen-bond acceptors (Lipinski definition) is 0. The van der Waals surface area contributed by atoms with E-state index in [4.69, 9.17) is 0 Å². The molecular weight excluding hydrogens is 156 g/mol. The van der Waals surface area contributed by atoms with Crippen molar-refractivity contribution in [2.45, 2.75) is 46.5 Å². The monoisotopic (exact) mass is 176 g/mol. The molecule has 0 fully saturated rings. The normalized spacial score (nSPS) is 39.2. The third kappa shape index (κ3) is 1.59. The second-order valence-electron chi connectivity index (χ2n) is 5.22. The SMILES string of the molecule is CC1=CC2=CCC1(C)CCC(C)C2. The molecule has 0 aliphatic heterocycles. The van der Waals surface area contributed by atoms with E-state index < -0.39 is 0 Å². The van der Waals surface area contributed by atoms with Crippen LogP contribution in [0.4, 0.5) is 0 Å². The minimum absolute atomic E-state index is 0.484. The van der Waals surface area contributed by atoms with E-state index in [0.717, 1.165) is 5.92 Å². The molecule has 3 aliphatic carbocycles. The first-order chi connectivity index (χ1) is 6.10. The fourth-order valence-electron chi connectivity index (χ4n) is 2.54. The summed E-state index contributed by atoms with van der Waals surface area (Å²) in [6.07, 6.45) is 10.2. The summed E-state index contributed by atoms with van der Waals surface area (Å²) < 4.78 is 0. The van der Waals surface area contributed by atoms with Crippen molar-refractivity contribution in [2.75, 3.05) is 0 Å². The Morgan fingerprint density at radius 1 is 1.46 bits per heavy atom. The van der Waals surface area contributed by atoms with E-state index in [1.54, 1.807) is 11.1 Å². The van der Waals surface area contributed by atoms with Crippen LogP contribution in [0.5, 0.6) is 0 Å². The van der Waals surface area contributed by atoms with Crippen molar-refractivity contribution in [3.05, 3.63) is 23.3 Å². The highest BCUT2D eigenvalue weighted by atomic mass is 14.3. The Labute approximate surface area is 81.7 Å². The van der Waals surface area contributed by atoms with Crippen LogP contribution in [0, 0.1) is 11.3 Å². The highest BCUT2D eigenvalue weighted by Gasteiger charge is 2.30. The van der Waals surface area contributed by atoms with E-state index in [1.165, 1.54) is 25.7 Å². The molecular formula is C13H20. The van der Waals surface area contributed by atoms with Gasteiger partial charge in [0.1, 0.15) is 0 Å². The molecule has 0 saturated carbocycles. The van der Waals surface area contributed by atoms with Gasteiger partial charge in [0.05, 0.1) is 0 Å². The summed E-state index contributed by atoms with van der Waals surface area (Å²) in [5.41, 5.74) is 3.68. The summed E-state index contributed by atoms with van der Waals surface area (Å²) >= 11 is 0. The Hall–Kier alpha value is -0.520. The summed E-state index contributed by atoms with van der Waals surface area (Å²) in [6, 6.07) is 0. The zero-order valence-corrected chi connectivity index (χ0v) is 9.06. The van der Waals surface area contributed by atoms with Gasteiger partial charge in [-0.2, -0.15) is 0 Å². The van der Waals surface area contributed by atoms with Gasteiger partial charge in [0.15, 0.2) is 0 Å². The topological polar surface area (TPSA) is 0 Å². The fraction of sp³-hybridized carbons (Fsp3) is 0.692. The number of allylic oxidation sites excluding steroid dienone is 4. The zero-order valence-electron chi connectivity index (χ0n) is 9.06. The Balaban J connectivity index is 2.33. The molecule has 0 amide bonds. The van der Waals surface area contributed by atoms with Crippen molar-refractivity contribution < 1.29 is 0 Å². The van der Waals surface area contributed by atoms with Crippen LogP contribution < -0.4 is 0 Å². The summed E-state index contributed by atoms with van der Waals surface area (Å²) in [6.45, 7) is 7.11. The maximum Gasteiger partial charge on any atom is -0.00812 e. The van der Waals surface area contributed by atoms with Gasteiger partial charge in [0.2, 0.25) is 0 Å². The van der Waals surface area contributed by atoms with Crippen LogP contribution in [0.3, 0.4) is 0 Å². The number of fused-ring (bicyclic) bond motifs is 4. The van der Waals surface area contributed by atoms with E-state index in [2.05, 4.69) is 32.9 Å². The Bertz CT molecular complexity index is 270. The lowest BCUT2D eigenvalue weighted by Gasteiger charge is -2.37. The third-order valence-electron chi connectivity index (χ3n) is 3.94. The van der Waals surface area contributed by atoms with Gasteiger partial charge in [-0.1, -0.05) is 37.1 Å². The first-order valence-electron chi connectivity index (χ1n) is 5.48. The average Bonchev–Trinajstić information content (AvgIpc) is 2.07. The fourth-order valence-corrected chi connectivity index (χ4v) is 2.54. The van der Waals surface area contributed by atoms with Gasteiger partial charge in [0.25, 0.3) is 0 Å². The van der Waals surface area contributed by atoms with Crippen molar-refractivity contribution in [3.63, 3.8) is 0 Å². The molecule has 0 aromatic carbocycles. The van der Waals surface area contributed by atoms with Gasteiger partial charge in [-0.05, 0) is 43.9 Å². The van der Waals surface area contributed by atoms with E-state index in [9.17, 15) is 0 Å². The minimum Gasteiger partial charge on any atom is -0.0804 e. The Morgan fingerprint density at radius 2 is 2.23 bits per heavy atom. The van der Waals surface area contributed by atoms with Crippen LogP contribution in [-0.4, -0.2) is 0 Å². The molecule has 0 spiro atoms. The van der Waals surface area contributed by atoms with Crippen molar-refractivity contribution in [1.82, 2.24) is 0 Å². The van der Waals surface area contributed by atoms with Crippen LogP contribution in [0.2, 0.25) is 0 Å². The van der Waals surface area contributed by atoms with Crippen LogP contribution in [0.25, 0.3) is 0 Å². The smallest absolute Gasteiger partial charge is 0.00812 e. The lowest BCUT2D eigenvalue weighted by atomic mass is 9.68. The number of hydrogen-bond donors (Lipinski definition) is 0. The van der Waals surface area contributed by atoms with Gasteiger partial charge in [0, 0.05) is 0 Å². The summed E-state index contributed by atoms with van der Waals surface area (Å²) in [5, 5.41) is 0. The highest BCUT2D eigenvalue weighted by Crippen LogP contribution is 2.44. The van der Waals surface area contributed by atoms with Crippen LogP contribution in [0.15, 0.2) is 23.3 Å². The molecule has 0 heteroatoms. The summed E-state index contributed by atoms with van der Waals surface area (Å²) in [4.78, 5) is 0. The largest absolute Gasteiger partial charge is 0.0804 e. The van der Waals surface area contributed by atoms with Crippen LogP contribution in [0.1, 0.15) is 46.5 Å². The first-order valence-corrected chi connectivity index (χ1v) is 5.48. The van der Waals surface area contributed by atoms with Gasteiger partial charge < -0.3 is 0 Å². The van der Waals surface area contributed by atoms with E-state index in [0.29, 0.717) is 5.41 Å². The van der Waals surface area contributed by atoms with Gasteiger partial charge in [-0.25, -0.2) is 0 Å². The molecule has 72 valence electrons. The van der Waals surface area contributed by atoms with E-state index in [1.807, 2.05) is 0 Å². The molecule has 0 nitrogen and oxygen atoms in total. The molecule has 2 unspecified atom stereocenters.